The van der Waals surface area contributed by atoms with Crippen LogP contribution in [0.1, 0.15) is 36.0 Å². The van der Waals surface area contributed by atoms with Crippen LogP contribution < -0.4 is 0 Å². The number of rotatable bonds is 2. The predicted molar refractivity (Wildman–Crippen MR) is 69.8 cm³/mol. The molecule has 2 aliphatic rings. The monoisotopic (exact) mass is 256 g/mol. The topological polar surface area (TPSA) is 43.6 Å². The molecule has 2 heterocycles. The van der Waals surface area contributed by atoms with Crippen molar-refractivity contribution in [1.29, 1.82) is 0 Å². The number of hydrogen-bond acceptors (Lipinski definition) is 3. The second kappa shape index (κ2) is 4.08. The van der Waals surface area contributed by atoms with Crippen molar-refractivity contribution >= 4 is 11.5 Å². The van der Waals surface area contributed by atoms with Crippen molar-refractivity contribution in [1.82, 2.24) is 9.38 Å². The lowest BCUT2D eigenvalue weighted by atomic mass is 9.98. The van der Waals surface area contributed by atoms with E-state index in [-0.39, 0.29) is 12.1 Å². The Kier molecular flexibility index (Phi) is 2.37. The Morgan fingerprint density at radius 3 is 3.05 bits per heavy atom. The van der Waals surface area contributed by atoms with Gasteiger partial charge < -0.3 is 9.14 Å². The molecule has 0 amide bonds. The number of hydrogen-bond donors (Lipinski definition) is 0. The van der Waals surface area contributed by atoms with Crippen LogP contribution in [-0.2, 0) is 4.74 Å². The second-order valence-corrected chi connectivity index (χ2v) is 5.76. The van der Waals surface area contributed by atoms with E-state index in [0.717, 1.165) is 17.9 Å². The highest BCUT2D eigenvalue weighted by Crippen LogP contribution is 2.46. The Bertz CT molecular complexity index is 634. The first-order chi connectivity index (χ1) is 9.29. The van der Waals surface area contributed by atoms with Gasteiger partial charge in [0.2, 0.25) is 0 Å². The molecule has 0 radical (unpaired) electrons. The smallest absolute Gasteiger partial charge is 0.339 e. The molecular formula is C15H16N2O2. The maximum Gasteiger partial charge on any atom is 0.339 e. The van der Waals surface area contributed by atoms with Crippen molar-refractivity contribution in [2.45, 2.75) is 31.8 Å². The van der Waals surface area contributed by atoms with Crippen molar-refractivity contribution in [3.05, 3.63) is 36.4 Å². The van der Waals surface area contributed by atoms with Crippen LogP contribution in [0.3, 0.4) is 0 Å². The third-order valence-electron chi connectivity index (χ3n) is 4.58. The molecular weight excluding hydrogens is 240 g/mol. The molecule has 2 bridgehead atoms. The highest BCUT2D eigenvalue weighted by atomic mass is 16.5. The van der Waals surface area contributed by atoms with Gasteiger partial charge in [-0.2, -0.15) is 0 Å². The zero-order chi connectivity index (χ0) is 12.8. The fraction of sp³-hybridized carbons (Fsp3) is 0.467. The zero-order valence-electron chi connectivity index (χ0n) is 10.7. The first-order valence-corrected chi connectivity index (χ1v) is 6.92. The first kappa shape index (κ1) is 11.0. The van der Waals surface area contributed by atoms with E-state index < -0.39 is 0 Å². The number of esters is 1. The van der Waals surface area contributed by atoms with Crippen LogP contribution in [0.5, 0.6) is 0 Å². The van der Waals surface area contributed by atoms with Gasteiger partial charge in [-0.15, -0.1) is 0 Å². The second-order valence-electron chi connectivity index (χ2n) is 5.76. The van der Waals surface area contributed by atoms with E-state index in [1.807, 2.05) is 16.5 Å². The van der Waals surface area contributed by atoms with Crippen LogP contribution in [0.15, 0.2) is 30.9 Å². The van der Waals surface area contributed by atoms with Crippen LogP contribution in [0.2, 0.25) is 0 Å². The van der Waals surface area contributed by atoms with Gasteiger partial charge in [-0.3, -0.25) is 0 Å². The Morgan fingerprint density at radius 2 is 2.26 bits per heavy atom. The summed E-state index contributed by atoms with van der Waals surface area (Å²) < 4.78 is 7.53. The molecule has 19 heavy (non-hydrogen) atoms. The molecule has 0 spiro atoms. The summed E-state index contributed by atoms with van der Waals surface area (Å²) >= 11 is 0. The number of carbonyl (C=O) groups is 1. The van der Waals surface area contributed by atoms with Gasteiger partial charge in [-0.25, -0.2) is 9.78 Å². The molecule has 2 saturated carbocycles. The maximum atomic E-state index is 12.2. The zero-order valence-corrected chi connectivity index (χ0v) is 10.7. The van der Waals surface area contributed by atoms with Gasteiger partial charge in [-0.1, -0.05) is 0 Å². The molecule has 4 heteroatoms. The van der Waals surface area contributed by atoms with Crippen molar-refractivity contribution in [2.24, 2.45) is 11.8 Å². The fourth-order valence-electron chi connectivity index (χ4n) is 3.58. The van der Waals surface area contributed by atoms with Gasteiger partial charge in [0.1, 0.15) is 6.10 Å². The number of aromatic nitrogens is 2. The van der Waals surface area contributed by atoms with E-state index in [2.05, 4.69) is 4.98 Å². The third kappa shape index (κ3) is 1.82. The number of imidazole rings is 1. The number of fused-ring (bicyclic) bond motifs is 3. The average Bonchev–Trinajstić information content (AvgIpc) is 3.13. The van der Waals surface area contributed by atoms with Crippen molar-refractivity contribution in [2.75, 3.05) is 0 Å². The van der Waals surface area contributed by atoms with Gasteiger partial charge in [0.15, 0.2) is 0 Å². The SMILES string of the molecule is O=C(OC1CC2CCC1C2)c1ccc2cncn2c1. The summed E-state index contributed by atoms with van der Waals surface area (Å²) in [5, 5.41) is 0. The van der Waals surface area contributed by atoms with Gasteiger partial charge in [0.25, 0.3) is 0 Å². The average molecular weight is 256 g/mol. The summed E-state index contributed by atoms with van der Waals surface area (Å²) in [6, 6.07) is 3.71. The predicted octanol–water partition coefficient (Wildman–Crippen LogP) is 2.68. The van der Waals surface area contributed by atoms with Crippen LogP contribution in [0.4, 0.5) is 0 Å². The molecule has 0 N–H and O–H groups in total. The molecule has 0 saturated heterocycles. The van der Waals surface area contributed by atoms with E-state index in [4.69, 9.17) is 4.74 Å². The van der Waals surface area contributed by atoms with Gasteiger partial charge in [-0.05, 0) is 49.7 Å². The molecule has 98 valence electrons. The standard InChI is InChI=1S/C15H16N2O2/c18-15(19-14-6-10-1-2-11(14)5-10)12-3-4-13-7-16-9-17(13)8-12/h3-4,7-11,14H,1-2,5-6H2. The largest absolute Gasteiger partial charge is 0.458 e. The molecule has 2 aromatic heterocycles. The van der Waals surface area contributed by atoms with Crippen molar-refractivity contribution < 1.29 is 9.53 Å². The lowest BCUT2D eigenvalue weighted by molar-refractivity contribution is 0.0158. The molecule has 3 atom stereocenters. The molecule has 2 aliphatic carbocycles. The number of pyridine rings is 1. The van der Waals surface area contributed by atoms with Gasteiger partial charge in [0.05, 0.1) is 23.6 Å². The first-order valence-electron chi connectivity index (χ1n) is 6.92. The summed E-state index contributed by atoms with van der Waals surface area (Å²) in [7, 11) is 0. The van der Waals surface area contributed by atoms with E-state index in [1.54, 1.807) is 18.7 Å². The van der Waals surface area contributed by atoms with Crippen molar-refractivity contribution in [3.63, 3.8) is 0 Å². The lowest BCUT2D eigenvalue weighted by Gasteiger charge is -2.21. The minimum atomic E-state index is -0.201. The minimum Gasteiger partial charge on any atom is -0.458 e. The molecule has 4 rings (SSSR count). The molecule has 4 nitrogen and oxygen atoms in total. The Morgan fingerprint density at radius 1 is 1.32 bits per heavy atom. The molecule has 2 fully saturated rings. The number of carbonyl (C=O) groups excluding carboxylic acids is 1. The Labute approximate surface area is 111 Å². The van der Waals surface area contributed by atoms with Crippen LogP contribution in [-0.4, -0.2) is 21.5 Å². The third-order valence-corrected chi connectivity index (χ3v) is 4.58. The maximum absolute atomic E-state index is 12.2. The summed E-state index contributed by atoms with van der Waals surface area (Å²) in [4.78, 5) is 16.2. The van der Waals surface area contributed by atoms with Crippen LogP contribution in [0, 0.1) is 11.8 Å². The van der Waals surface area contributed by atoms with E-state index >= 15 is 0 Å². The Hall–Kier alpha value is -1.84. The summed E-state index contributed by atoms with van der Waals surface area (Å²) in [6.45, 7) is 0. The van der Waals surface area contributed by atoms with E-state index in [1.165, 1.54) is 19.3 Å². The lowest BCUT2D eigenvalue weighted by Crippen LogP contribution is -2.24. The van der Waals surface area contributed by atoms with Gasteiger partial charge >= 0.3 is 5.97 Å². The van der Waals surface area contributed by atoms with Crippen molar-refractivity contribution in [3.8, 4) is 0 Å². The fourth-order valence-corrected chi connectivity index (χ4v) is 3.58. The molecule has 0 aromatic carbocycles. The summed E-state index contributed by atoms with van der Waals surface area (Å²) in [5.41, 5.74) is 1.59. The Balaban J connectivity index is 1.53. The molecule has 2 aromatic rings. The summed E-state index contributed by atoms with van der Waals surface area (Å²) in [6.07, 6.45) is 10.3. The van der Waals surface area contributed by atoms with Crippen LogP contribution in [0.25, 0.3) is 5.52 Å². The van der Waals surface area contributed by atoms with Crippen LogP contribution >= 0.6 is 0 Å². The highest BCUT2D eigenvalue weighted by Gasteiger charge is 2.41. The number of nitrogens with zero attached hydrogens (tertiary/aromatic N) is 2. The van der Waals surface area contributed by atoms with E-state index in [0.29, 0.717) is 11.5 Å². The minimum absolute atomic E-state index is 0.143. The number of ether oxygens (including phenoxy) is 1. The van der Waals surface area contributed by atoms with Gasteiger partial charge in [0, 0.05) is 6.20 Å². The quantitative estimate of drug-likeness (QED) is 0.776. The highest BCUT2D eigenvalue weighted by molar-refractivity contribution is 5.89. The molecule has 0 aliphatic heterocycles. The summed E-state index contributed by atoms with van der Waals surface area (Å²) in [5.74, 6) is 1.19. The van der Waals surface area contributed by atoms with E-state index in [9.17, 15) is 4.79 Å². The molecule has 3 unspecified atom stereocenters. The normalized spacial score (nSPS) is 28.9.